The van der Waals surface area contributed by atoms with Crippen molar-refractivity contribution in [2.24, 2.45) is 0 Å². The summed E-state index contributed by atoms with van der Waals surface area (Å²) in [4.78, 5) is 0.334. The zero-order chi connectivity index (χ0) is 19.1. The summed E-state index contributed by atoms with van der Waals surface area (Å²) in [6.07, 6.45) is 1.58. The van der Waals surface area contributed by atoms with E-state index in [0.29, 0.717) is 17.2 Å². The van der Waals surface area contributed by atoms with Gasteiger partial charge in [0, 0.05) is 12.6 Å². The van der Waals surface area contributed by atoms with Crippen LogP contribution in [0.25, 0.3) is 0 Å². The van der Waals surface area contributed by atoms with E-state index in [1.807, 2.05) is 32.0 Å². The van der Waals surface area contributed by atoms with Crippen LogP contribution >= 0.6 is 0 Å². The highest BCUT2D eigenvalue weighted by Crippen LogP contribution is 2.37. The van der Waals surface area contributed by atoms with Gasteiger partial charge in [-0.2, -0.15) is 4.31 Å². The van der Waals surface area contributed by atoms with Gasteiger partial charge >= 0.3 is 0 Å². The summed E-state index contributed by atoms with van der Waals surface area (Å²) >= 11 is 0. The molecule has 0 aliphatic carbocycles. The SMILES string of the molecule is CC(C)c1cc([C@@H]2CCCN2S(=O)(=O)c2ccc(C(C)(C)C)cc2)on1. The van der Waals surface area contributed by atoms with Crippen molar-refractivity contribution < 1.29 is 12.9 Å². The summed E-state index contributed by atoms with van der Waals surface area (Å²) in [6, 6.07) is 8.86. The van der Waals surface area contributed by atoms with E-state index in [-0.39, 0.29) is 17.4 Å². The number of nitrogens with zero attached hydrogens (tertiary/aromatic N) is 2. The molecular weight excluding hydrogens is 348 g/mol. The molecule has 1 aromatic carbocycles. The van der Waals surface area contributed by atoms with Crippen molar-refractivity contribution in [1.29, 1.82) is 0 Å². The van der Waals surface area contributed by atoms with Crippen LogP contribution in [0.15, 0.2) is 39.8 Å². The smallest absolute Gasteiger partial charge is 0.243 e. The summed E-state index contributed by atoms with van der Waals surface area (Å²) in [6.45, 7) is 10.9. The van der Waals surface area contributed by atoms with E-state index in [2.05, 4.69) is 25.9 Å². The van der Waals surface area contributed by atoms with Crippen molar-refractivity contribution in [3.05, 3.63) is 47.3 Å². The Morgan fingerprint density at radius 3 is 2.38 bits per heavy atom. The Balaban J connectivity index is 1.90. The molecule has 0 N–H and O–H groups in total. The van der Waals surface area contributed by atoms with Crippen LogP contribution in [0.2, 0.25) is 0 Å². The number of rotatable bonds is 4. The molecule has 0 spiro atoms. The van der Waals surface area contributed by atoms with Gasteiger partial charge in [0.05, 0.1) is 16.6 Å². The molecule has 1 aliphatic rings. The molecule has 0 saturated carbocycles. The first kappa shape index (κ1) is 19.1. The Kier molecular flexibility index (Phi) is 5.01. The number of benzene rings is 1. The largest absolute Gasteiger partial charge is 0.359 e. The van der Waals surface area contributed by atoms with Gasteiger partial charge in [-0.25, -0.2) is 8.42 Å². The maximum atomic E-state index is 13.2. The standard InChI is InChI=1S/C20H28N2O3S/c1-14(2)17-13-19(25-21-17)18-7-6-12-22(18)26(23,24)16-10-8-15(9-11-16)20(3,4)5/h8-11,13-14,18H,6-7,12H2,1-5H3/t18-/m0/s1. The van der Waals surface area contributed by atoms with Gasteiger partial charge in [0.1, 0.15) is 0 Å². The molecule has 1 saturated heterocycles. The van der Waals surface area contributed by atoms with Crippen molar-refractivity contribution in [3.63, 3.8) is 0 Å². The number of aromatic nitrogens is 1. The molecule has 2 aromatic rings. The van der Waals surface area contributed by atoms with E-state index in [1.165, 1.54) is 0 Å². The highest BCUT2D eigenvalue weighted by atomic mass is 32.2. The number of hydrogen-bond acceptors (Lipinski definition) is 4. The second kappa shape index (κ2) is 6.82. The van der Waals surface area contributed by atoms with Crippen molar-refractivity contribution in [3.8, 4) is 0 Å². The molecule has 0 radical (unpaired) electrons. The summed E-state index contributed by atoms with van der Waals surface area (Å²) in [5, 5.41) is 4.09. The number of sulfonamides is 1. The first-order chi connectivity index (χ1) is 12.1. The highest BCUT2D eigenvalue weighted by Gasteiger charge is 2.38. The second-order valence-corrected chi connectivity index (χ2v) is 10.2. The quantitative estimate of drug-likeness (QED) is 0.781. The zero-order valence-electron chi connectivity index (χ0n) is 16.2. The molecule has 1 fully saturated rings. The summed E-state index contributed by atoms with van der Waals surface area (Å²) in [7, 11) is -3.56. The van der Waals surface area contributed by atoms with E-state index in [9.17, 15) is 8.42 Å². The molecule has 0 amide bonds. The van der Waals surface area contributed by atoms with E-state index in [0.717, 1.165) is 24.1 Å². The third-order valence-electron chi connectivity index (χ3n) is 5.00. The molecule has 2 heterocycles. The van der Waals surface area contributed by atoms with E-state index in [4.69, 9.17) is 4.52 Å². The first-order valence-electron chi connectivity index (χ1n) is 9.19. The predicted octanol–water partition coefficient (Wildman–Crippen LogP) is 4.62. The maximum absolute atomic E-state index is 13.2. The molecule has 5 nitrogen and oxygen atoms in total. The fourth-order valence-corrected chi connectivity index (χ4v) is 4.97. The van der Waals surface area contributed by atoms with Gasteiger partial charge in [-0.05, 0) is 41.9 Å². The predicted molar refractivity (Wildman–Crippen MR) is 102 cm³/mol. The fraction of sp³-hybridized carbons (Fsp3) is 0.550. The lowest BCUT2D eigenvalue weighted by Crippen LogP contribution is -2.30. The van der Waals surface area contributed by atoms with Crippen molar-refractivity contribution in [2.75, 3.05) is 6.54 Å². The van der Waals surface area contributed by atoms with Gasteiger partial charge in [0.2, 0.25) is 10.0 Å². The van der Waals surface area contributed by atoms with Crippen LogP contribution in [0.1, 0.15) is 76.4 Å². The molecule has 1 aromatic heterocycles. The summed E-state index contributed by atoms with van der Waals surface area (Å²) in [5.41, 5.74) is 1.97. The van der Waals surface area contributed by atoms with Crippen LogP contribution in [-0.4, -0.2) is 24.4 Å². The molecule has 3 rings (SSSR count). The van der Waals surface area contributed by atoms with Crippen LogP contribution in [0, 0.1) is 0 Å². The zero-order valence-corrected chi connectivity index (χ0v) is 17.0. The average Bonchev–Trinajstić information content (AvgIpc) is 3.23. The van der Waals surface area contributed by atoms with Crippen LogP contribution in [0.3, 0.4) is 0 Å². The molecule has 1 atom stereocenters. The second-order valence-electron chi connectivity index (χ2n) is 8.36. The van der Waals surface area contributed by atoms with Gasteiger partial charge in [-0.1, -0.05) is 51.9 Å². The van der Waals surface area contributed by atoms with Gasteiger partial charge in [-0.3, -0.25) is 0 Å². The van der Waals surface area contributed by atoms with Crippen molar-refractivity contribution >= 4 is 10.0 Å². The van der Waals surface area contributed by atoms with E-state index >= 15 is 0 Å². The normalized spacial score (nSPS) is 19.4. The third-order valence-corrected chi connectivity index (χ3v) is 6.92. The fourth-order valence-electron chi connectivity index (χ4n) is 3.31. The van der Waals surface area contributed by atoms with Crippen LogP contribution in [0.5, 0.6) is 0 Å². The van der Waals surface area contributed by atoms with Gasteiger partial charge in [-0.15, -0.1) is 0 Å². The minimum absolute atomic E-state index is 0.00838. The third kappa shape index (κ3) is 3.58. The lowest BCUT2D eigenvalue weighted by atomic mass is 9.87. The Labute approximate surface area is 156 Å². The van der Waals surface area contributed by atoms with E-state index in [1.54, 1.807) is 16.4 Å². The molecule has 0 bridgehead atoms. The Morgan fingerprint density at radius 2 is 1.85 bits per heavy atom. The van der Waals surface area contributed by atoms with Crippen LogP contribution in [-0.2, 0) is 15.4 Å². The Hall–Kier alpha value is -1.66. The number of hydrogen-bond donors (Lipinski definition) is 0. The van der Waals surface area contributed by atoms with Gasteiger partial charge < -0.3 is 4.52 Å². The Morgan fingerprint density at radius 1 is 1.19 bits per heavy atom. The lowest BCUT2D eigenvalue weighted by molar-refractivity contribution is 0.295. The van der Waals surface area contributed by atoms with Crippen molar-refractivity contribution in [1.82, 2.24) is 9.46 Å². The Bertz CT molecular complexity index is 861. The molecule has 1 aliphatic heterocycles. The monoisotopic (exact) mass is 376 g/mol. The average molecular weight is 377 g/mol. The van der Waals surface area contributed by atoms with Crippen LogP contribution in [0.4, 0.5) is 0 Å². The molecular formula is C20H28N2O3S. The van der Waals surface area contributed by atoms with E-state index < -0.39 is 10.0 Å². The lowest BCUT2D eigenvalue weighted by Gasteiger charge is -2.23. The summed E-state index contributed by atoms with van der Waals surface area (Å²) < 4.78 is 33.4. The summed E-state index contributed by atoms with van der Waals surface area (Å²) in [5.74, 6) is 0.894. The van der Waals surface area contributed by atoms with Gasteiger partial charge in [0.25, 0.3) is 0 Å². The van der Waals surface area contributed by atoms with Gasteiger partial charge in [0.15, 0.2) is 5.76 Å². The minimum Gasteiger partial charge on any atom is -0.359 e. The topological polar surface area (TPSA) is 63.4 Å². The molecule has 6 heteroatoms. The minimum atomic E-state index is -3.56. The van der Waals surface area contributed by atoms with Crippen molar-refractivity contribution in [2.45, 2.75) is 69.7 Å². The maximum Gasteiger partial charge on any atom is 0.243 e. The molecule has 26 heavy (non-hydrogen) atoms. The molecule has 142 valence electrons. The molecule has 0 unspecified atom stereocenters. The first-order valence-corrected chi connectivity index (χ1v) is 10.6. The highest BCUT2D eigenvalue weighted by molar-refractivity contribution is 7.89. The van der Waals surface area contributed by atoms with Crippen LogP contribution < -0.4 is 0 Å².